The van der Waals surface area contributed by atoms with E-state index >= 15 is 0 Å². The van der Waals surface area contributed by atoms with Crippen LogP contribution in [0.15, 0.2) is 47.1 Å². The molecule has 1 amide bonds. The fourth-order valence-electron chi connectivity index (χ4n) is 1.61. The Labute approximate surface area is 111 Å². The number of hydrogen-bond acceptors (Lipinski definition) is 4. The van der Waals surface area contributed by atoms with Crippen molar-refractivity contribution in [1.82, 2.24) is 5.32 Å². The van der Waals surface area contributed by atoms with Gasteiger partial charge in [0.1, 0.15) is 11.5 Å². The lowest BCUT2D eigenvalue weighted by Crippen LogP contribution is -2.28. The van der Waals surface area contributed by atoms with Gasteiger partial charge in [-0.1, -0.05) is 18.2 Å². The van der Waals surface area contributed by atoms with Crippen LogP contribution in [0.5, 0.6) is 5.75 Å². The number of nitrogens with one attached hydrogen (secondary N) is 1. The first-order valence-corrected chi connectivity index (χ1v) is 5.99. The highest BCUT2D eigenvalue weighted by Gasteiger charge is 2.06. The average Bonchev–Trinajstić information content (AvgIpc) is 2.96. The van der Waals surface area contributed by atoms with Gasteiger partial charge in [-0.2, -0.15) is 0 Å². The van der Waals surface area contributed by atoms with Crippen LogP contribution in [0.1, 0.15) is 11.3 Å². The Morgan fingerprint density at radius 1 is 1.26 bits per heavy atom. The minimum Gasteiger partial charge on any atom is -0.483 e. The third-order valence-corrected chi connectivity index (χ3v) is 2.59. The van der Waals surface area contributed by atoms with Gasteiger partial charge >= 0.3 is 0 Å². The van der Waals surface area contributed by atoms with Gasteiger partial charge in [0.25, 0.3) is 5.91 Å². The number of carbonyl (C=O) groups is 1. The molecule has 0 unspecified atom stereocenters. The van der Waals surface area contributed by atoms with E-state index in [-0.39, 0.29) is 12.5 Å². The van der Waals surface area contributed by atoms with Gasteiger partial charge in [0.05, 0.1) is 12.8 Å². The van der Waals surface area contributed by atoms with Crippen molar-refractivity contribution in [2.75, 3.05) is 6.61 Å². The van der Waals surface area contributed by atoms with E-state index in [0.29, 0.717) is 24.6 Å². The summed E-state index contributed by atoms with van der Waals surface area (Å²) < 4.78 is 10.5. The zero-order chi connectivity index (χ0) is 13.5. The van der Waals surface area contributed by atoms with Crippen LogP contribution in [0.3, 0.4) is 0 Å². The molecule has 0 aliphatic rings. The maximum atomic E-state index is 11.6. The molecule has 0 aliphatic carbocycles. The zero-order valence-corrected chi connectivity index (χ0v) is 10.5. The molecule has 0 spiro atoms. The van der Waals surface area contributed by atoms with E-state index in [2.05, 4.69) is 5.32 Å². The second-order valence-corrected chi connectivity index (χ2v) is 3.96. The van der Waals surface area contributed by atoms with Crippen molar-refractivity contribution in [3.05, 3.63) is 54.0 Å². The summed E-state index contributed by atoms with van der Waals surface area (Å²) in [5, 5.41) is 2.70. The van der Waals surface area contributed by atoms with Crippen LogP contribution in [0, 0.1) is 0 Å². The van der Waals surface area contributed by atoms with Crippen LogP contribution in [0.25, 0.3) is 0 Å². The van der Waals surface area contributed by atoms with Crippen LogP contribution in [-0.2, 0) is 17.9 Å². The molecule has 5 nitrogen and oxygen atoms in total. The number of para-hydroxylation sites is 1. The molecular weight excluding hydrogens is 244 g/mol. The Morgan fingerprint density at radius 2 is 2.11 bits per heavy atom. The highest BCUT2D eigenvalue weighted by atomic mass is 16.5. The van der Waals surface area contributed by atoms with E-state index in [4.69, 9.17) is 14.9 Å². The third-order valence-electron chi connectivity index (χ3n) is 2.59. The summed E-state index contributed by atoms with van der Waals surface area (Å²) in [6.45, 7) is 0.690. The van der Waals surface area contributed by atoms with Gasteiger partial charge in [0.15, 0.2) is 6.61 Å². The quantitative estimate of drug-likeness (QED) is 0.823. The Hall–Kier alpha value is -2.27. The number of furan rings is 1. The standard InChI is InChI=1S/C14H16N2O3/c15-8-11-4-1-2-6-13(11)19-10-14(17)16-9-12-5-3-7-18-12/h1-7H,8-10,15H2,(H,16,17). The maximum absolute atomic E-state index is 11.6. The van der Waals surface area contributed by atoms with Gasteiger partial charge in [0.2, 0.25) is 0 Å². The summed E-state index contributed by atoms with van der Waals surface area (Å²) in [6, 6.07) is 11.0. The molecule has 0 saturated carbocycles. The van der Waals surface area contributed by atoms with Crippen molar-refractivity contribution in [1.29, 1.82) is 0 Å². The van der Waals surface area contributed by atoms with Gasteiger partial charge < -0.3 is 20.2 Å². The smallest absolute Gasteiger partial charge is 0.258 e. The summed E-state index contributed by atoms with van der Waals surface area (Å²) in [5.41, 5.74) is 6.46. The van der Waals surface area contributed by atoms with Gasteiger partial charge in [-0.3, -0.25) is 4.79 Å². The summed E-state index contributed by atoms with van der Waals surface area (Å²) >= 11 is 0. The van der Waals surface area contributed by atoms with Crippen LogP contribution in [-0.4, -0.2) is 12.5 Å². The van der Waals surface area contributed by atoms with Crippen LogP contribution in [0.2, 0.25) is 0 Å². The summed E-state index contributed by atoms with van der Waals surface area (Å²) in [4.78, 5) is 11.6. The van der Waals surface area contributed by atoms with Crippen molar-refractivity contribution < 1.29 is 13.9 Å². The fourth-order valence-corrected chi connectivity index (χ4v) is 1.61. The minimum absolute atomic E-state index is 0.0439. The number of nitrogens with two attached hydrogens (primary N) is 1. The SMILES string of the molecule is NCc1ccccc1OCC(=O)NCc1ccco1. The van der Waals surface area contributed by atoms with Gasteiger partial charge in [-0.15, -0.1) is 0 Å². The molecule has 0 atom stereocenters. The van der Waals surface area contributed by atoms with E-state index in [9.17, 15) is 4.79 Å². The Balaban J connectivity index is 1.80. The highest BCUT2D eigenvalue weighted by Crippen LogP contribution is 2.16. The molecule has 3 N–H and O–H groups in total. The summed E-state index contributed by atoms with van der Waals surface area (Å²) in [5.74, 6) is 1.14. The predicted octanol–water partition coefficient (Wildman–Crippen LogP) is 1.43. The van der Waals surface area contributed by atoms with Crippen LogP contribution in [0.4, 0.5) is 0 Å². The summed E-state index contributed by atoms with van der Waals surface area (Å²) in [7, 11) is 0. The van der Waals surface area contributed by atoms with Gasteiger partial charge in [-0.25, -0.2) is 0 Å². The number of carbonyl (C=O) groups excluding carboxylic acids is 1. The zero-order valence-electron chi connectivity index (χ0n) is 10.5. The van der Waals surface area contributed by atoms with Crippen molar-refractivity contribution in [2.24, 2.45) is 5.73 Å². The van der Waals surface area contributed by atoms with Crippen molar-refractivity contribution in [3.63, 3.8) is 0 Å². The molecule has 0 aliphatic heterocycles. The largest absolute Gasteiger partial charge is 0.483 e. The van der Waals surface area contributed by atoms with E-state index in [1.165, 1.54) is 0 Å². The number of ether oxygens (including phenoxy) is 1. The summed E-state index contributed by atoms with van der Waals surface area (Å²) in [6.07, 6.45) is 1.56. The maximum Gasteiger partial charge on any atom is 0.258 e. The lowest BCUT2D eigenvalue weighted by molar-refractivity contribution is -0.123. The third kappa shape index (κ3) is 3.86. The molecule has 0 saturated heterocycles. The van der Waals surface area contributed by atoms with Gasteiger partial charge in [-0.05, 0) is 18.2 Å². The van der Waals surface area contributed by atoms with E-state index in [1.807, 2.05) is 18.2 Å². The first-order chi connectivity index (χ1) is 9.29. The molecular formula is C14H16N2O3. The molecule has 100 valence electrons. The van der Waals surface area contributed by atoms with E-state index in [0.717, 1.165) is 5.56 Å². The predicted molar refractivity (Wildman–Crippen MR) is 70.4 cm³/mol. The lowest BCUT2D eigenvalue weighted by atomic mass is 10.2. The number of amides is 1. The molecule has 0 fully saturated rings. The normalized spacial score (nSPS) is 10.2. The molecule has 1 heterocycles. The van der Waals surface area contributed by atoms with Gasteiger partial charge in [0, 0.05) is 12.1 Å². The molecule has 19 heavy (non-hydrogen) atoms. The highest BCUT2D eigenvalue weighted by molar-refractivity contribution is 5.77. The minimum atomic E-state index is -0.205. The molecule has 0 radical (unpaired) electrons. The number of rotatable bonds is 6. The molecule has 1 aromatic heterocycles. The topological polar surface area (TPSA) is 77.5 Å². The second-order valence-electron chi connectivity index (χ2n) is 3.96. The molecule has 2 rings (SSSR count). The van der Waals surface area contributed by atoms with E-state index in [1.54, 1.807) is 24.5 Å². The average molecular weight is 260 g/mol. The van der Waals surface area contributed by atoms with Crippen molar-refractivity contribution in [3.8, 4) is 5.75 Å². The molecule has 2 aromatic rings. The molecule has 0 bridgehead atoms. The number of hydrogen-bond donors (Lipinski definition) is 2. The van der Waals surface area contributed by atoms with Crippen molar-refractivity contribution >= 4 is 5.91 Å². The monoisotopic (exact) mass is 260 g/mol. The first kappa shape index (κ1) is 13.2. The number of benzene rings is 1. The second kappa shape index (κ2) is 6.61. The Kier molecular flexibility index (Phi) is 4.58. The lowest BCUT2D eigenvalue weighted by Gasteiger charge is -2.09. The molecule has 1 aromatic carbocycles. The van der Waals surface area contributed by atoms with Crippen LogP contribution < -0.4 is 15.8 Å². The van der Waals surface area contributed by atoms with Crippen LogP contribution >= 0.6 is 0 Å². The molecule has 5 heteroatoms. The fraction of sp³-hybridized carbons (Fsp3) is 0.214. The Bertz CT molecular complexity index is 523. The first-order valence-electron chi connectivity index (χ1n) is 5.99. The van der Waals surface area contributed by atoms with Crippen molar-refractivity contribution in [2.45, 2.75) is 13.1 Å². The Morgan fingerprint density at radius 3 is 2.84 bits per heavy atom. The van der Waals surface area contributed by atoms with E-state index < -0.39 is 0 Å².